The predicted octanol–water partition coefficient (Wildman–Crippen LogP) is 3.62. The van der Waals surface area contributed by atoms with Gasteiger partial charge in [-0.05, 0) is 55.3 Å². The Morgan fingerprint density at radius 3 is 2.31 bits per heavy atom. The van der Waals surface area contributed by atoms with Crippen LogP contribution in [0.5, 0.6) is 11.5 Å². The van der Waals surface area contributed by atoms with Gasteiger partial charge in [0, 0.05) is 11.8 Å². The minimum absolute atomic E-state index is 0.0493. The first kappa shape index (κ1) is 23.3. The summed E-state index contributed by atoms with van der Waals surface area (Å²) in [7, 11) is -2.42. The van der Waals surface area contributed by atoms with Crippen LogP contribution >= 0.6 is 0 Å². The highest BCUT2D eigenvalue weighted by molar-refractivity contribution is 7.89. The zero-order valence-electron chi connectivity index (χ0n) is 17.9. The van der Waals surface area contributed by atoms with E-state index in [4.69, 9.17) is 9.47 Å². The highest BCUT2D eigenvalue weighted by Gasteiger charge is 2.26. The molecule has 1 amide bonds. The van der Waals surface area contributed by atoms with E-state index in [1.165, 1.54) is 19.2 Å². The maximum Gasteiger partial charge on any atom is 0.242 e. The number of benzene rings is 3. The lowest BCUT2D eigenvalue weighted by Gasteiger charge is -2.19. The summed E-state index contributed by atoms with van der Waals surface area (Å²) in [6.45, 7) is 2.33. The van der Waals surface area contributed by atoms with Gasteiger partial charge in [-0.15, -0.1) is 0 Å². The third-order valence-corrected chi connectivity index (χ3v) is 6.17. The van der Waals surface area contributed by atoms with Crippen LogP contribution in [0.25, 0.3) is 0 Å². The Balaban J connectivity index is 1.83. The number of sulfonamides is 1. The summed E-state index contributed by atoms with van der Waals surface area (Å²) in [4.78, 5) is 13.1. The Morgan fingerprint density at radius 1 is 0.938 bits per heavy atom. The van der Waals surface area contributed by atoms with Gasteiger partial charge in [-0.2, -0.15) is 4.72 Å². The highest BCUT2D eigenvalue weighted by atomic mass is 32.2. The van der Waals surface area contributed by atoms with E-state index < -0.39 is 22.0 Å². The third-order valence-electron chi connectivity index (χ3n) is 4.68. The second-order valence-corrected chi connectivity index (χ2v) is 8.70. The first-order valence-electron chi connectivity index (χ1n) is 10.2. The van der Waals surface area contributed by atoms with Crippen molar-refractivity contribution in [1.82, 2.24) is 4.72 Å². The number of hydrogen-bond acceptors (Lipinski definition) is 5. The average Bonchev–Trinajstić information content (AvgIpc) is 2.80. The number of ether oxygens (including phenoxy) is 2. The molecule has 3 rings (SSSR count). The van der Waals surface area contributed by atoms with Crippen molar-refractivity contribution in [2.75, 3.05) is 19.0 Å². The van der Waals surface area contributed by atoms with Gasteiger partial charge in [0.15, 0.2) is 0 Å². The third kappa shape index (κ3) is 6.32. The molecule has 3 aromatic carbocycles. The highest BCUT2D eigenvalue weighted by Crippen LogP contribution is 2.19. The summed E-state index contributed by atoms with van der Waals surface area (Å²) in [5.74, 6) is 0.678. The van der Waals surface area contributed by atoms with Crippen LogP contribution in [0.15, 0.2) is 83.8 Å². The van der Waals surface area contributed by atoms with Crippen molar-refractivity contribution in [2.24, 2.45) is 0 Å². The molecular weight excluding hydrogens is 428 g/mol. The molecule has 1 unspecified atom stereocenters. The smallest absolute Gasteiger partial charge is 0.242 e. The van der Waals surface area contributed by atoms with E-state index >= 15 is 0 Å². The van der Waals surface area contributed by atoms with Gasteiger partial charge in [-0.3, -0.25) is 4.79 Å². The summed E-state index contributed by atoms with van der Waals surface area (Å²) in [6, 6.07) is 21.1. The van der Waals surface area contributed by atoms with Crippen LogP contribution in [0.2, 0.25) is 0 Å². The fraction of sp³-hybridized carbons (Fsp3) is 0.208. The lowest BCUT2D eigenvalue weighted by atomic mass is 10.1. The molecule has 0 heterocycles. The fourth-order valence-electron chi connectivity index (χ4n) is 3.10. The topological polar surface area (TPSA) is 93.7 Å². The van der Waals surface area contributed by atoms with Gasteiger partial charge < -0.3 is 14.8 Å². The first-order chi connectivity index (χ1) is 15.4. The summed E-state index contributed by atoms with van der Waals surface area (Å²) in [6.07, 6.45) is 0.187. The van der Waals surface area contributed by atoms with Crippen molar-refractivity contribution in [2.45, 2.75) is 24.3 Å². The molecule has 0 radical (unpaired) electrons. The van der Waals surface area contributed by atoms with Crippen LogP contribution in [-0.4, -0.2) is 34.1 Å². The monoisotopic (exact) mass is 454 g/mol. The maximum absolute atomic E-state index is 13.1. The van der Waals surface area contributed by atoms with E-state index in [0.717, 1.165) is 5.56 Å². The number of amides is 1. The van der Waals surface area contributed by atoms with Crippen molar-refractivity contribution in [1.29, 1.82) is 0 Å². The summed E-state index contributed by atoms with van der Waals surface area (Å²) < 4.78 is 39.1. The number of anilines is 1. The van der Waals surface area contributed by atoms with Crippen molar-refractivity contribution in [3.8, 4) is 11.5 Å². The zero-order chi connectivity index (χ0) is 23.0. The Labute approximate surface area is 188 Å². The van der Waals surface area contributed by atoms with E-state index in [0.29, 0.717) is 23.8 Å². The summed E-state index contributed by atoms with van der Waals surface area (Å²) >= 11 is 0. The number of hydrogen-bond donors (Lipinski definition) is 2. The van der Waals surface area contributed by atoms with Crippen LogP contribution in [-0.2, 0) is 21.2 Å². The van der Waals surface area contributed by atoms with Crippen molar-refractivity contribution >= 4 is 21.6 Å². The molecule has 0 saturated heterocycles. The fourth-order valence-corrected chi connectivity index (χ4v) is 4.30. The molecule has 3 aromatic rings. The molecule has 168 valence electrons. The Morgan fingerprint density at radius 2 is 1.66 bits per heavy atom. The van der Waals surface area contributed by atoms with Gasteiger partial charge in [0.05, 0.1) is 18.6 Å². The van der Waals surface area contributed by atoms with Crippen molar-refractivity contribution in [3.63, 3.8) is 0 Å². The molecule has 0 saturated carbocycles. The predicted molar refractivity (Wildman–Crippen MR) is 123 cm³/mol. The minimum atomic E-state index is -3.95. The molecule has 2 N–H and O–H groups in total. The van der Waals surface area contributed by atoms with Crippen LogP contribution in [0.1, 0.15) is 12.5 Å². The molecule has 1 atom stereocenters. The Kier molecular flexibility index (Phi) is 7.86. The molecular formula is C24H26N2O5S. The van der Waals surface area contributed by atoms with Gasteiger partial charge >= 0.3 is 0 Å². The Bertz CT molecular complexity index is 1130. The summed E-state index contributed by atoms with van der Waals surface area (Å²) in [5.41, 5.74) is 1.33. The molecule has 0 aliphatic rings. The van der Waals surface area contributed by atoms with E-state index in [1.54, 1.807) is 36.4 Å². The number of carbonyl (C=O) groups is 1. The molecule has 0 spiro atoms. The van der Waals surface area contributed by atoms with Crippen LogP contribution in [0.4, 0.5) is 5.69 Å². The van der Waals surface area contributed by atoms with Gasteiger partial charge in [-0.1, -0.05) is 36.4 Å². The molecule has 0 aromatic heterocycles. The lowest BCUT2D eigenvalue weighted by Crippen LogP contribution is -2.45. The SMILES string of the molecule is CCOc1ccc(S(=O)(=O)NC(Cc2ccccc2)C(=O)Nc2cccc(OC)c2)cc1. The number of nitrogens with one attached hydrogen (secondary N) is 2. The second-order valence-electron chi connectivity index (χ2n) is 6.99. The average molecular weight is 455 g/mol. The molecule has 0 aliphatic heterocycles. The number of carbonyl (C=O) groups excluding carboxylic acids is 1. The van der Waals surface area contributed by atoms with Crippen LogP contribution < -0.4 is 19.5 Å². The molecule has 8 heteroatoms. The maximum atomic E-state index is 13.1. The van der Waals surface area contributed by atoms with E-state index in [2.05, 4.69) is 10.0 Å². The quantitative estimate of drug-likeness (QED) is 0.488. The van der Waals surface area contributed by atoms with E-state index in [-0.39, 0.29) is 11.3 Å². The molecule has 0 fully saturated rings. The molecule has 7 nitrogen and oxygen atoms in total. The van der Waals surface area contributed by atoms with Crippen molar-refractivity contribution in [3.05, 3.63) is 84.4 Å². The number of rotatable bonds is 10. The van der Waals surface area contributed by atoms with Gasteiger partial charge in [0.25, 0.3) is 0 Å². The van der Waals surface area contributed by atoms with E-state index in [1.807, 2.05) is 37.3 Å². The summed E-state index contributed by atoms with van der Waals surface area (Å²) in [5, 5.41) is 2.77. The standard InChI is InChI=1S/C24H26N2O5S/c1-3-31-20-12-14-22(15-13-20)32(28,29)26-23(16-18-8-5-4-6-9-18)24(27)25-19-10-7-11-21(17-19)30-2/h4-15,17,23,26H,3,16H2,1-2H3,(H,25,27). The van der Waals surface area contributed by atoms with Gasteiger partial charge in [0.2, 0.25) is 15.9 Å². The lowest BCUT2D eigenvalue weighted by molar-refractivity contribution is -0.117. The number of methoxy groups -OCH3 is 1. The first-order valence-corrected chi connectivity index (χ1v) is 11.6. The molecule has 0 aliphatic carbocycles. The van der Waals surface area contributed by atoms with Crippen LogP contribution in [0.3, 0.4) is 0 Å². The van der Waals surface area contributed by atoms with Gasteiger partial charge in [-0.25, -0.2) is 8.42 Å². The van der Waals surface area contributed by atoms with Gasteiger partial charge in [0.1, 0.15) is 17.5 Å². The molecule has 32 heavy (non-hydrogen) atoms. The molecule has 0 bridgehead atoms. The zero-order valence-corrected chi connectivity index (χ0v) is 18.8. The van der Waals surface area contributed by atoms with E-state index in [9.17, 15) is 13.2 Å². The van der Waals surface area contributed by atoms with Crippen molar-refractivity contribution < 1.29 is 22.7 Å². The van der Waals surface area contributed by atoms with Crippen LogP contribution in [0, 0.1) is 0 Å². The minimum Gasteiger partial charge on any atom is -0.497 e. The second kappa shape index (κ2) is 10.8. The normalized spacial score (nSPS) is 12.1. The largest absolute Gasteiger partial charge is 0.497 e. The Hall–Kier alpha value is -3.36.